The average Bonchev–Trinajstić information content (AvgIpc) is 3.00. The number of nitrogens with one attached hydrogen (secondary N) is 1. The third kappa shape index (κ3) is 2.55. The van der Waals surface area contributed by atoms with Gasteiger partial charge in [-0.2, -0.15) is 0 Å². The topological polar surface area (TPSA) is 49.4 Å². The first-order valence-corrected chi connectivity index (χ1v) is 8.17. The molecule has 0 aliphatic carbocycles. The molecule has 1 N–H and O–H groups in total. The van der Waals surface area contributed by atoms with Crippen LogP contribution in [0.5, 0.6) is 0 Å². The van der Waals surface area contributed by atoms with Crippen molar-refractivity contribution in [1.82, 2.24) is 10.2 Å². The molecule has 0 saturated carbocycles. The molecule has 21 heavy (non-hydrogen) atoms. The number of thiophene rings is 2. The monoisotopic (exact) mass is 334 g/mol. The van der Waals surface area contributed by atoms with Gasteiger partial charge in [-0.15, -0.1) is 29.3 Å². The highest BCUT2D eigenvalue weighted by Gasteiger charge is 2.32. The first-order valence-electron chi connectivity index (χ1n) is 6.07. The van der Waals surface area contributed by atoms with Crippen molar-refractivity contribution < 1.29 is 9.59 Å². The van der Waals surface area contributed by atoms with Crippen LogP contribution >= 0.6 is 34.9 Å². The molecule has 0 aromatic carbocycles. The van der Waals surface area contributed by atoms with Gasteiger partial charge < -0.3 is 0 Å². The second-order valence-corrected chi connectivity index (χ2v) is 6.77. The van der Waals surface area contributed by atoms with Gasteiger partial charge in [0.1, 0.15) is 5.57 Å². The molecule has 3 heterocycles. The van der Waals surface area contributed by atoms with E-state index in [4.69, 9.17) is 12.2 Å². The third-order valence-corrected chi connectivity index (χ3v) is 5.31. The highest BCUT2D eigenvalue weighted by atomic mass is 32.1. The minimum atomic E-state index is -0.456. The summed E-state index contributed by atoms with van der Waals surface area (Å²) < 4.78 is 2.29. The SMILES string of the molecule is C=CCN1C(=O)C(=Cc2cc3sccc3s2)C(=O)NC1=S. The molecule has 2 aromatic rings. The number of nitrogens with zero attached hydrogens (tertiary/aromatic N) is 1. The highest BCUT2D eigenvalue weighted by molar-refractivity contribution is 7.80. The van der Waals surface area contributed by atoms with E-state index >= 15 is 0 Å². The Morgan fingerprint density at radius 2 is 2.19 bits per heavy atom. The molecule has 0 spiro atoms. The van der Waals surface area contributed by atoms with E-state index in [0.717, 1.165) is 14.3 Å². The zero-order valence-electron chi connectivity index (χ0n) is 10.8. The summed E-state index contributed by atoms with van der Waals surface area (Å²) >= 11 is 8.18. The van der Waals surface area contributed by atoms with Crippen molar-refractivity contribution in [3.05, 3.63) is 40.6 Å². The van der Waals surface area contributed by atoms with Crippen molar-refractivity contribution in [2.24, 2.45) is 0 Å². The van der Waals surface area contributed by atoms with Crippen LogP contribution in [0, 0.1) is 0 Å². The van der Waals surface area contributed by atoms with E-state index in [1.807, 2.05) is 17.5 Å². The van der Waals surface area contributed by atoms with Gasteiger partial charge in [0.05, 0.1) is 0 Å². The Morgan fingerprint density at radius 1 is 1.38 bits per heavy atom. The molecule has 2 aromatic heterocycles. The quantitative estimate of drug-likeness (QED) is 0.406. The van der Waals surface area contributed by atoms with E-state index in [1.54, 1.807) is 34.8 Å². The lowest BCUT2D eigenvalue weighted by Gasteiger charge is -2.27. The van der Waals surface area contributed by atoms with Crippen molar-refractivity contribution in [3.63, 3.8) is 0 Å². The zero-order chi connectivity index (χ0) is 15.0. The number of thiocarbonyl (C=S) groups is 1. The molecule has 0 unspecified atom stereocenters. The lowest BCUT2D eigenvalue weighted by molar-refractivity contribution is -0.128. The Hall–Kier alpha value is -1.83. The molecule has 0 atom stereocenters. The second-order valence-electron chi connectivity index (χ2n) is 4.32. The number of hydrogen-bond acceptors (Lipinski definition) is 5. The van der Waals surface area contributed by atoms with E-state index in [-0.39, 0.29) is 23.1 Å². The van der Waals surface area contributed by atoms with Gasteiger partial charge in [-0.25, -0.2) is 0 Å². The van der Waals surface area contributed by atoms with Gasteiger partial charge in [0.25, 0.3) is 11.8 Å². The summed E-state index contributed by atoms with van der Waals surface area (Å²) in [6, 6.07) is 4.00. The maximum absolute atomic E-state index is 12.4. The van der Waals surface area contributed by atoms with Crippen molar-refractivity contribution >= 4 is 67.3 Å². The minimum absolute atomic E-state index is 0.0966. The number of fused-ring (bicyclic) bond motifs is 1. The highest BCUT2D eigenvalue weighted by Crippen LogP contribution is 2.31. The first-order chi connectivity index (χ1) is 10.1. The predicted octanol–water partition coefficient (Wildman–Crippen LogP) is 2.78. The molecular formula is C14H10N2O2S3. The van der Waals surface area contributed by atoms with Crippen molar-refractivity contribution in [2.75, 3.05) is 6.54 Å². The van der Waals surface area contributed by atoms with Gasteiger partial charge in [-0.3, -0.25) is 19.8 Å². The number of carbonyl (C=O) groups is 2. The lowest BCUT2D eigenvalue weighted by atomic mass is 10.1. The number of hydrogen-bond donors (Lipinski definition) is 1. The summed E-state index contributed by atoms with van der Waals surface area (Å²) in [4.78, 5) is 26.6. The lowest BCUT2D eigenvalue weighted by Crippen LogP contribution is -2.53. The van der Waals surface area contributed by atoms with Gasteiger partial charge in [0.15, 0.2) is 5.11 Å². The fourth-order valence-corrected chi connectivity index (χ4v) is 4.30. The van der Waals surface area contributed by atoms with Crippen LogP contribution in [0.4, 0.5) is 0 Å². The zero-order valence-corrected chi connectivity index (χ0v) is 13.2. The number of rotatable bonds is 3. The molecule has 1 aliphatic heterocycles. The minimum Gasteiger partial charge on any atom is -0.298 e. The Balaban J connectivity index is 1.98. The predicted molar refractivity (Wildman–Crippen MR) is 90.3 cm³/mol. The largest absolute Gasteiger partial charge is 0.298 e. The van der Waals surface area contributed by atoms with E-state index in [0.29, 0.717) is 0 Å². The summed E-state index contributed by atoms with van der Waals surface area (Å²) in [5, 5.41) is 4.67. The van der Waals surface area contributed by atoms with Crippen LogP contribution in [-0.4, -0.2) is 28.4 Å². The molecular weight excluding hydrogens is 324 g/mol. The third-order valence-electron chi connectivity index (χ3n) is 2.94. The molecule has 7 heteroatoms. The molecule has 3 rings (SSSR count). The standard InChI is InChI=1S/C14H10N2O2S3/c1-2-4-16-13(18)9(12(17)15-14(16)19)6-8-7-11-10(21-8)3-5-20-11/h2-3,5-7H,1,4H2,(H,15,17,19). The Kier molecular flexibility index (Phi) is 3.71. The summed E-state index contributed by atoms with van der Waals surface area (Å²) in [5.41, 5.74) is 0.0966. The molecule has 0 bridgehead atoms. The van der Waals surface area contributed by atoms with Crippen LogP contribution in [0.1, 0.15) is 4.88 Å². The normalized spacial score (nSPS) is 17.6. The molecule has 0 radical (unpaired) electrons. The van der Waals surface area contributed by atoms with Gasteiger partial charge in [-0.05, 0) is 35.8 Å². The Bertz CT molecular complexity index is 772. The van der Waals surface area contributed by atoms with Crippen molar-refractivity contribution in [3.8, 4) is 0 Å². The average molecular weight is 334 g/mol. The smallest absolute Gasteiger partial charge is 0.265 e. The van der Waals surface area contributed by atoms with Gasteiger partial charge in [0.2, 0.25) is 0 Å². The van der Waals surface area contributed by atoms with Crippen LogP contribution < -0.4 is 5.32 Å². The summed E-state index contributed by atoms with van der Waals surface area (Å²) in [7, 11) is 0. The van der Waals surface area contributed by atoms with Gasteiger partial charge >= 0.3 is 0 Å². The fourth-order valence-electron chi connectivity index (χ4n) is 1.99. The van der Waals surface area contributed by atoms with E-state index in [9.17, 15) is 9.59 Å². The van der Waals surface area contributed by atoms with Crippen LogP contribution in [-0.2, 0) is 9.59 Å². The van der Waals surface area contributed by atoms with Crippen molar-refractivity contribution in [1.29, 1.82) is 0 Å². The number of carbonyl (C=O) groups excluding carboxylic acids is 2. The summed E-state index contributed by atoms with van der Waals surface area (Å²) in [5.74, 6) is -0.845. The molecule has 106 valence electrons. The van der Waals surface area contributed by atoms with Crippen LogP contribution in [0.15, 0.2) is 35.7 Å². The molecule has 4 nitrogen and oxygen atoms in total. The first kappa shape index (κ1) is 14.1. The Labute approximate surface area is 134 Å². The summed E-state index contributed by atoms with van der Waals surface area (Å²) in [6.45, 7) is 3.86. The fraction of sp³-hybridized carbons (Fsp3) is 0.0714. The van der Waals surface area contributed by atoms with E-state index < -0.39 is 5.91 Å². The molecule has 1 saturated heterocycles. The molecule has 1 aliphatic rings. The van der Waals surface area contributed by atoms with Gasteiger partial charge in [0, 0.05) is 20.8 Å². The second kappa shape index (κ2) is 5.51. The van der Waals surface area contributed by atoms with Crippen molar-refractivity contribution in [2.45, 2.75) is 0 Å². The molecule has 2 amide bonds. The maximum atomic E-state index is 12.4. The molecule has 1 fully saturated rings. The maximum Gasteiger partial charge on any atom is 0.265 e. The van der Waals surface area contributed by atoms with Gasteiger partial charge in [-0.1, -0.05) is 6.08 Å². The van der Waals surface area contributed by atoms with E-state index in [2.05, 4.69) is 11.9 Å². The Morgan fingerprint density at radius 3 is 2.90 bits per heavy atom. The number of amides is 2. The van der Waals surface area contributed by atoms with Crippen LogP contribution in [0.2, 0.25) is 0 Å². The van der Waals surface area contributed by atoms with Crippen LogP contribution in [0.3, 0.4) is 0 Å². The van der Waals surface area contributed by atoms with Crippen LogP contribution in [0.25, 0.3) is 15.5 Å². The van der Waals surface area contributed by atoms with E-state index in [1.165, 1.54) is 4.90 Å². The summed E-state index contributed by atoms with van der Waals surface area (Å²) in [6.07, 6.45) is 3.19.